The van der Waals surface area contributed by atoms with E-state index in [2.05, 4.69) is 5.32 Å². The zero-order chi connectivity index (χ0) is 11.3. The van der Waals surface area contributed by atoms with Crippen LogP contribution in [0.1, 0.15) is 26.7 Å². The lowest BCUT2D eigenvalue weighted by Gasteiger charge is -2.13. The van der Waals surface area contributed by atoms with E-state index in [9.17, 15) is 4.79 Å². The fourth-order valence-corrected chi connectivity index (χ4v) is 1.51. The first kappa shape index (κ1) is 11.6. The van der Waals surface area contributed by atoms with E-state index in [1.54, 1.807) is 6.07 Å². The van der Waals surface area contributed by atoms with Gasteiger partial charge in [0.1, 0.15) is 0 Å². The quantitative estimate of drug-likeness (QED) is 0.744. The third-order valence-corrected chi connectivity index (χ3v) is 2.58. The smallest absolute Gasteiger partial charge is 0.227 e. The third kappa shape index (κ3) is 2.98. The van der Waals surface area contributed by atoms with Gasteiger partial charge in [-0.2, -0.15) is 0 Å². The number of carbonyl (C=O) groups is 1. The normalized spacial score (nSPS) is 10.3. The van der Waals surface area contributed by atoms with Crippen molar-refractivity contribution in [3.05, 3.63) is 24.3 Å². The van der Waals surface area contributed by atoms with Gasteiger partial charge in [0, 0.05) is 5.92 Å². The Labute approximate surface area is 90.7 Å². The van der Waals surface area contributed by atoms with Gasteiger partial charge in [0.05, 0.1) is 11.4 Å². The molecule has 1 amide bonds. The molecule has 15 heavy (non-hydrogen) atoms. The molecule has 0 atom stereocenters. The van der Waals surface area contributed by atoms with Gasteiger partial charge in [-0.3, -0.25) is 4.79 Å². The zero-order valence-corrected chi connectivity index (χ0v) is 9.29. The molecule has 0 saturated heterocycles. The lowest BCUT2D eigenvalue weighted by Crippen LogP contribution is -2.22. The largest absolute Gasteiger partial charge is 0.397 e. The molecular formula is C12H18N2O. The minimum atomic E-state index is 0.0536. The van der Waals surface area contributed by atoms with E-state index in [0.29, 0.717) is 11.4 Å². The minimum Gasteiger partial charge on any atom is -0.397 e. The number of hydrogen-bond acceptors (Lipinski definition) is 2. The van der Waals surface area contributed by atoms with E-state index in [0.717, 1.165) is 12.8 Å². The SMILES string of the molecule is CCC(CC)C(=O)Nc1ccccc1N. The number of carbonyl (C=O) groups excluding carboxylic acids is 1. The second-order valence-corrected chi connectivity index (χ2v) is 3.59. The molecule has 3 N–H and O–H groups in total. The Morgan fingerprint density at radius 1 is 1.33 bits per heavy atom. The van der Waals surface area contributed by atoms with E-state index < -0.39 is 0 Å². The zero-order valence-electron chi connectivity index (χ0n) is 9.29. The molecule has 0 bridgehead atoms. The number of nitrogens with two attached hydrogens (primary N) is 1. The molecule has 0 aliphatic rings. The fraction of sp³-hybridized carbons (Fsp3) is 0.417. The van der Waals surface area contributed by atoms with Crippen molar-refractivity contribution in [1.29, 1.82) is 0 Å². The number of para-hydroxylation sites is 2. The molecule has 0 aromatic heterocycles. The van der Waals surface area contributed by atoms with Crippen LogP contribution in [-0.4, -0.2) is 5.91 Å². The van der Waals surface area contributed by atoms with Crippen LogP contribution in [0.3, 0.4) is 0 Å². The molecule has 0 saturated carbocycles. The van der Waals surface area contributed by atoms with Gasteiger partial charge in [-0.15, -0.1) is 0 Å². The molecule has 0 heterocycles. The van der Waals surface area contributed by atoms with E-state index in [4.69, 9.17) is 5.73 Å². The van der Waals surface area contributed by atoms with Gasteiger partial charge in [-0.05, 0) is 25.0 Å². The number of anilines is 2. The topological polar surface area (TPSA) is 55.1 Å². The first-order chi connectivity index (χ1) is 7.19. The summed E-state index contributed by atoms with van der Waals surface area (Å²) in [7, 11) is 0. The summed E-state index contributed by atoms with van der Waals surface area (Å²) in [4.78, 5) is 11.8. The van der Waals surface area contributed by atoms with Gasteiger partial charge >= 0.3 is 0 Å². The Bertz CT molecular complexity index is 332. The highest BCUT2D eigenvalue weighted by atomic mass is 16.1. The predicted molar refractivity (Wildman–Crippen MR) is 63.6 cm³/mol. The van der Waals surface area contributed by atoms with Crippen LogP contribution in [0.2, 0.25) is 0 Å². The van der Waals surface area contributed by atoms with E-state index in [-0.39, 0.29) is 11.8 Å². The number of nitrogens with one attached hydrogen (secondary N) is 1. The molecule has 0 unspecified atom stereocenters. The number of hydrogen-bond donors (Lipinski definition) is 2. The van der Waals surface area contributed by atoms with Gasteiger partial charge < -0.3 is 11.1 Å². The van der Waals surface area contributed by atoms with Crippen molar-refractivity contribution in [2.24, 2.45) is 5.92 Å². The van der Waals surface area contributed by atoms with Crippen molar-refractivity contribution in [3.8, 4) is 0 Å². The van der Waals surface area contributed by atoms with E-state index in [1.165, 1.54) is 0 Å². The Morgan fingerprint density at radius 2 is 1.93 bits per heavy atom. The van der Waals surface area contributed by atoms with Crippen molar-refractivity contribution >= 4 is 17.3 Å². The summed E-state index contributed by atoms with van der Waals surface area (Å²) in [6, 6.07) is 7.30. The fourth-order valence-electron chi connectivity index (χ4n) is 1.51. The number of nitrogen functional groups attached to an aromatic ring is 1. The summed E-state index contributed by atoms with van der Waals surface area (Å²) >= 11 is 0. The standard InChI is InChI=1S/C12H18N2O/c1-3-9(4-2)12(15)14-11-8-6-5-7-10(11)13/h5-9H,3-4,13H2,1-2H3,(H,14,15). The van der Waals surface area contributed by atoms with Crippen LogP contribution in [0.4, 0.5) is 11.4 Å². The van der Waals surface area contributed by atoms with Crippen molar-refractivity contribution in [2.75, 3.05) is 11.1 Å². The lowest BCUT2D eigenvalue weighted by molar-refractivity contribution is -0.120. The monoisotopic (exact) mass is 206 g/mol. The van der Waals surface area contributed by atoms with Gasteiger partial charge in [0.2, 0.25) is 5.91 Å². The molecule has 3 nitrogen and oxygen atoms in total. The first-order valence-electron chi connectivity index (χ1n) is 5.34. The molecular weight excluding hydrogens is 188 g/mol. The maximum absolute atomic E-state index is 11.8. The van der Waals surface area contributed by atoms with Crippen LogP contribution in [0.5, 0.6) is 0 Å². The molecule has 0 aliphatic carbocycles. The van der Waals surface area contributed by atoms with Crippen molar-refractivity contribution in [3.63, 3.8) is 0 Å². The highest BCUT2D eigenvalue weighted by Crippen LogP contribution is 2.19. The summed E-state index contributed by atoms with van der Waals surface area (Å²) in [5.41, 5.74) is 7.05. The maximum Gasteiger partial charge on any atom is 0.227 e. The molecule has 0 radical (unpaired) electrons. The maximum atomic E-state index is 11.8. The van der Waals surface area contributed by atoms with Gasteiger partial charge in [-0.25, -0.2) is 0 Å². The van der Waals surface area contributed by atoms with Crippen LogP contribution in [-0.2, 0) is 4.79 Å². The predicted octanol–water partition coefficient (Wildman–Crippen LogP) is 2.64. The summed E-state index contributed by atoms with van der Waals surface area (Å²) < 4.78 is 0. The molecule has 1 rings (SSSR count). The summed E-state index contributed by atoms with van der Waals surface area (Å²) in [6.45, 7) is 4.03. The number of benzene rings is 1. The molecule has 0 spiro atoms. The average Bonchev–Trinajstić information content (AvgIpc) is 2.23. The van der Waals surface area contributed by atoms with Crippen molar-refractivity contribution in [2.45, 2.75) is 26.7 Å². The highest BCUT2D eigenvalue weighted by molar-refractivity contribution is 5.95. The summed E-state index contributed by atoms with van der Waals surface area (Å²) in [6.07, 6.45) is 1.71. The summed E-state index contributed by atoms with van der Waals surface area (Å²) in [5, 5.41) is 2.85. The lowest BCUT2D eigenvalue weighted by atomic mass is 10.0. The van der Waals surface area contributed by atoms with Gasteiger partial charge in [0.15, 0.2) is 0 Å². The Hall–Kier alpha value is -1.51. The third-order valence-electron chi connectivity index (χ3n) is 2.58. The molecule has 1 aromatic rings. The van der Waals surface area contributed by atoms with Crippen LogP contribution in [0, 0.1) is 5.92 Å². The van der Waals surface area contributed by atoms with Crippen LogP contribution in [0.25, 0.3) is 0 Å². The number of amides is 1. The average molecular weight is 206 g/mol. The highest BCUT2D eigenvalue weighted by Gasteiger charge is 2.14. The van der Waals surface area contributed by atoms with Crippen LogP contribution < -0.4 is 11.1 Å². The molecule has 82 valence electrons. The molecule has 0 fully saturated rings. The molecule has 1 aromatic carbocycles. The van der Waals surface area contributed by atoms with Crippen molar-refractivity contribution in [1.82, 2.24) is 0 Å². The van der Waals surface area contributed by atoms with E-state index >= 15 is 0 Å². The Balaban J connectivity index is 2.70. The van der Waals surface area contributed by atoms with Crippen LogP contribution in [0.15, 0.2) is 24.3 Å². The second kappa shape index (κ2) is 5.39. The molecule has 0 aliphatic heterocycles. The summed E-state index contributed by atoms with van der Waals surface area (Å²) in [5.74, 6) is 0.127. The first-order valence-corrected chi connectivity index (χ1v) is 5.34. The van der Waals surface area contributed by atoms with Gasteiger partial charge in [0.25, 0.3) is 0 Å². The Morgan fingerprint density at radius 3 is 2.47 bits per heavy atom. The van der Waals surface area contributed by atoms with Crippen LogP contribution >= 0.6 is 0 Å². The Kier molecular flexibility index (Phi) is 4.16. The van der Waals surface area contributed by atoms with Gasteiger partial charge in [-0.1, -0.05) is 26.0 Å². The van der Waals surface area contributed by atoms with E-state index in [1.807, 2.05) is 32.0 Å². The molecule has 3 heteroatoms. The second-order valence-electron chi connectivity index (χ2n) is 3.59. The number of rotatable bonds is 4. The van der Waals surface area contributed by atoms with Crippen molar-refractivity contribution < 1.29 is 4.79 Å². The minimum absolute atomic E-state index is 0.0536.